The molecular weight excluding hydrogens is 216 g/mol. The molecule has 0 spiro atoms. The van der Waals surface area contributed by atoms with Gasteiger partial charge in [0.15, 0.2) is 0 Å². The van der Waals surface area contributed by atoms with Crippen LogP contribution in [0.25, 0.3) is 11.8 Å². The van der Waals surface area contributed by atoms with E-state index in [1.165, 1.54) is 5.56 Å². The van der Waals surface area contributed by atoms with Gasteiger partial charge in [-0.05, 0) is 23.6 Å². The largest absolute Gasteiger partial charge is 0.346 e. The van der Waals surface area contributed by atoms with Crippen molar-refractivity contribution < 1.29 is 0 Å². The normalized spacial score (nSPS) is 13.6. The van der Waals surface area contributed by atoms with Crippen LogP contribution in [0.15, 0.2) is 46.1 Å². The Kier molecular flexibility index (Phi) is 2.31. The third kappa shape index (κ3) is 1.66. The maximum atomic E-state index is 4.36. The van der Waals surface area contributed by atoms with Crippen LogP contribution in [-0.2, 0) is 0 Å². The average Bonchev–Trinajstić information content (AvgIpc) is 2.75. The third-order valence-corrected chi connectivity index (χ3v) is 3.18. The lowest BCUT2D eigenvalue weighted by Gasteiger charge is -2.02. The zero-order valence-corrected chi connectivity index (χ0v) is 9.37. The Morgan fingerprint density at radius 2 is 2.06 bits per heavy atom. The molecule has 2 nitrogen and oxygen atoms in total. The molecule has 1 aromatic heterocycles. The molecule has 0 amide bonds. The predicted octanol–water partition coefficient (Wildman–Crippen LogP) is 3.51. The second kappa shape index (κ2) is 3.94. The van der Waals surface area contributed by atoms with Crippen molar-refractivity contribution in [2.75, 3.05) is 0 Å². The number of nitrogens with one attached hydrogen (secondary N) is 1. The first-order valence-corrected chi connectivity index (χ1v) is 6.00. The molecular formula is C13H10N2S. The molecule has 1 N–H and O–H groups in total. The summed E-state index contributed by atoms with van der Waals surface area (Å²) in [7, 11) is 0. The summed E-state index contributed by atoms with van der Waals surface area (Å²) in [5, 5.41) is 7.41. The first-order chi connectivity index (χ1) is 7.93. The maximum Gasteiger partial charge on any atom is 0.0930 e. The Morgan fingerprint density at radius 3 is 2.94 bits per heavy atom. The van der Waals surface area contributed by atoms with E-state index in [1.807, 2.05) is 18.2 Å². The standard InChI is InChI=1S/C13H10N2S/c1-2-4-12-10(3-1)7-13(15-9-14-12)11-5-6-16-8-11/h1-9H,(H,14,15). The van der Waals surface area contributed by atoms with E-state index in [0.717, 1.165) is 16.9 Å². The molecule has 1 aliphatic rings. The third-order valence-electron chi connectivity index (χ3n) is 2.49. The summed E-state index contributed by atoms with van der Waals surface area (Å²) in [5.74, 6) is 0. The predicted molar refractivity (Wildman–Crippen MR) is 69.9 cm³/mol. The number of fused-ring (bicyclic) bond motifs is 1. The van der Waals surface area contributed by atoms with Crippen LogP contribution in [0.2, 0.25) is 0 Å². The first kappa shape index (κ1) is 9.36. The van der Waals surface area contributed by atoms with Crippen LogP contribution in [0.5, 0.6) is 0 Å². The molecule has 78 valence electrons. The molecule has 16 heavy (non-hydrogen) atoms. The summed E-state index contributed by atoms with van der Waals surface area (Å²) in [4.78, 5) is 4.36. The number of thiophene rings is 1. The van der Waals surface area contributed by atoms with Gasteiger partial charge in [0.05, 0.1) is 12.0 Å². The van der Waals surface area contributed by atoms with Gasteiger partial charge in [0.1, 0.15) is 0 Å². The summed E-state index contributed by atoms with van der Waals surface area (Å²) >= 11 is 1.70. The van der Waals surface area contributed by atoms with Gasteiger partial charge in [-0.15, -0.1) is 0 Å². The Balaban J connectivity index is 2.11. The number of para-hydroxylation sites is 1. The lowest BCUT2D eigenvalue weighted by molar-refractivity contribution is 1.35. The van der Waals surface area contributed by atoms with E-state index in [0.29, 0.717) is 0 Å². The number of nitrogens with zero attached hydrogens (tertiary/aromatic N) is 1. The van der Waals surface area contributed by atoms with E-state index in [1.54, 1.807) is 17.7 Å². The molecule has 1 aliphatic heterocycles. The molecule has 2 heterocycles. The van der Waals surface area contributed by atoms with Gasteiger partial charge in [-0.2, -0.15) is 11.3 Å². The fraction of sp³-hybridized carbons (Fsp3) is 0. The summed E-state index contributed by atoms with van der Waals surface area (Å²) in [5.41, 5.74) is 4.44. The smallest absolute Gasteiger partial charge is 0.0930 e. The van der Waals surface area contributed by atoms with E-state index >= 15 is 0 Å². The molecule has 0 fully saturated rings. The summed E-state index contributed by atoms with van der Waals surface area (Å²) in [6, 6.07) is 10.2. The molecule has 1 aromatic carbocycles. The summed E-state index contributed by atoms with van der Waals surface area (Å²) in [6.45, 7) is 0. The van der Waals surface area contributed by atoms with Crippen molar-refractivity contribution in [3.8, 4) is 0 Å². The molecule has 0 aliphatic carbocycles. The lowest BCUT2D eigenvalue weighted by atomic mass is 10.1. The van der Waals surface area contributed by atoms with Crippen molar-refractivity contribution in [1.29, 1.82) is 0 Å². The fourth-order valence-corrected chi connectivity index (χ4v) is 2.34. The van der Waals surface area contributed by atoms with Gasteiger partial charge < -0.3 is 5.32 Å². The Bertz CT molecular complexity index is 553. The molecule has 2 aromatic rings. The van der Waals surface area contributed by atoms with Crippen LogP contribution >= 0.6 is 11.3 Å². The van der Waals surface area contributed by atoms with Crippen molar-refractivity contribution in [2.45, 2.75) is 0 Å². The van der Waals surface area contributed by atoms with Crippen LogP contribution in [0.1, 0.15) is 11.1 Å². The van der Waals surface area contributed by atoms with Gasteiger partial charge in [-0.25, -0.2) is 4.99 Å². The molecule has 0 unspecified atom stereocenters. The quantitative estimate of drug-likeness (QED) is 0.790. The van der Waals surface area contributed by atoms with Crippen molar-refractivity contribution in [1.82, 2.24) is 5.32 Å². The highest BCUT2D eigenvalue weighted by molar-refractivity contribution is 7.08. The Hall–Kier alpha value is -1.87. The number of aliphatic imine (C=N–C) groups is 1. The fourth-order valence-electron chi connectivity index (χ4n) is 1.68. The highest BCUT2D eigenvalue weighted by Gasteiger charge is 2.06. The molecule has 0 bridgehead atoms. The van der Waals surface area contributed by atoms with Crippen LogP contribution in [0.4, 0.5) is 5.69 Å². The summed E-state index contributed by atoms with van der Waals surface area (Å²) < 4.78 is 0. The van der Waals surface area contributed by atoms with Crippen LogP contribution < -0.4 is 5.32 Å². The van der Waals surface area contributed by atoms with Gasteiger partial charge in [0, 0.05) is 22.2 Å². The molecule has 3 heteroatoms. The van der Waals surface area contributed by atoms with Crippen molar-refractivity contribution in [3.05, 3.63) is 52.2 Å². The van der Waals surface area contributed by atoms with Gasteiger partial charge in [-0.1, -0.05) is 18.2 Å². The van der Waals surface area contributed by atoms with E-state index in [9.17, 15) is 0 Å². The van der Waals surface area contributed by atoms with Crippen LogP contribution in [0, 0.1) is 0 Å². The Morgan fingerprint density at radius 1 is 1.12 bits per heavy atom. The van der Waals surface area contributed by atoms with Gasteiger partial charge >= 0.3 is 0 Å². The number of rotatable bonds is 1. The van der Waals surface area contributed by atoms with Crippen molar-refractivity contribution in [3.63, 3.8) is 0 Å². The SMILES string of the molecule is C1=Nc2ccccc2C=C(c2ccsc2)N1. The first-order valence-electron chi connectivity index (χ1n) is 5.06. The number of hydrogen-bond acceptors (Lipinski definition) is 3. The minimum absolute atomic E-state index is 1.00. The highest BCUT2D eigenvalue weighted by atomic mass is 32.1. The second-order valence-corrected chi connectivity index (χ2v) is 4.31. The molecule has 0 saturated heterocycles. The van der Waals surface area contributed by atoms with Gasteiger partial charge in [-0.3, -0.25) is 0 Å². The van der Waals surface area contributed by atoms with E-state index in [2.05, 4.69) is 39.3 Å². The molecule has 0 atom stereocenters. The van der Waals surface area contributed by atoms with Crippen LogP contribution in [-0.4, -0.2) is 6.34 Å². The Labute approximate surface area is 98.0 Å². The maximum absolute atomic E-state index is 4.36. The van der Waals surface area contributed by atoms with Crippen LogP contribution in [0.3, 0.4) is 0 Å². The van der Waals surface area contributed by atoms with E-state index in [4.69, 9.17) is 0 Å². The second-order valence-electron chi connectivity index (χ2n) is 3.53. The van der Waals surface area contributed by atoms with E-state index in [-0.39, 0.29) is 0 Å². The van der Waals surface area contributed by atoms with Crippen molar-refractivity contribution >= 4 is 35.1 Å². The highest BCUT2D eigenvalue weighted by Crippen LogP contribution is 2.26. The average molecular weight is 226 g/mol. The van der Waals surface area contributed by atoms with E-state index < -0.39 is 0 Å². The number of benzene rings is 1. The monoisotopic (exact) mass is 226 g/mol. The number of hydrogen-bond donors (Lipinski definition) is 1. The molecule has 0 radical (unpaired) electrons. The minimum Gasteiger partial charge on any atom is -0.346 e. The topological polar surface area (TPSA) is 24.4 Å². The molecule has 3 rings (SSSR count). The van der Waals surface area contributed by atoms with Gasteiger partial charge in [0.2, 0.25) is 0 Å². The zero-order valence-electron chi connectivity index (χ0n) is 8.55. The summed E-state index contributed by atoms with van der Waals surface area (Å²) in [6.07, 6.45) is 3.87. The molecule has 0 saturated carbocycles. The lowest BCUT2D eigenvalue weighted by Crippen LogP contribution is -2.07. The zero-order chi connectivity index (χ0) is 10.8. The van der Waals surface area contributed by atoms with Crippen molar-refractivity contribution in [2.24, 2.45) is 4.99 Å². The minimum atomic E-state index is 1.00. The van der Waals surface area contributed by atoms with Gasteiger partial charge in [0.25, 0.3) is 0 Å².